The van der Waals surface area contributed by atoms with Crippen molar-refractivity contribution in [2.24, 2.45) is 0 Å². The SMILES string of the molecule is CCc1ocnc1C(=O)N(C)C[C@@H]1Cc2ccccc2O1. The van der Waals surface area contributed by atoms with E-state index in [9.17, 15) is 4.79 Å². The standard InChI is InChI=1S/C16H18N2O3/c1-3-13-15(17-10-20-13)16(19)18(2)9-12-8-11-6-4-5-7-14(11)21-12/h4-7,10,12H,3,8-9H2,1-2H3/t12-/m0/s1. The minimum atomic E-state index is -0.125. The molecule has 1 amide bonds. The van der Waals surface area contributed by atoms with Gasteiger partial charge in [0.1, 0.15) is 17.6 Å². The molecule has 3 rings (SSSR count). The minimum absolute atomic E-state index is 0.00618. The quantitative estimate of drug-likeness (QED) is 0.865. The van der Waals surface area contributed by atoms with Gasteiger partial charge in [0.25, 0.3) is 5.91 Å². The van der Waals surface area contributed by atoms with E-state index in [0.29, 0.717) is 24.4 Å². The number of hydrogen-bond acceptors (Lipinski definition) is 4. The number of hydrogen-bond donors (Lipinski definition) is 0. The first-order valence-corrected chi connectivity index (χ1v) is 7.11. The van der Waals surface area contributed by atoms with Crippen molar-refractivity contribution in [2.75, 3.05) is 13.6 Å². The molecule has 1 aromatic carbocycles. The lowest BCUT2D eigenvalue weighted by molar-refractivity contribution is 0.0723. The maximum absolute atomic E-state index is 12.4. The number of ether oxygens (including phenoxy) is 1. The van der Waals surface area contributed by atoms with Gasteiger partial charge < -0.3 is 14.1 Å². The molecule has 1 atom stereocenters. The Kier molecular flexibility index (Phi) is 3.64. The van der Waals surface area contributed by atoms with Crippen molar-refractivity contribution < 1.29 is 13.9 Å². The Morgan fingerprint density at radius 3 is 3.00 bits per heavy atom. The molecule has 2 heterocycles. The van der Waals surface area contributed by atoms with E-state index in [1.165, 1.54) is 12.0 Å². The summed E-state index contributed by atoms with van der Waals surface area (Å²) in [5.41, 5.74) is 1.59. The molecule has 0 N–H and O–H groups in total. The van der Waals surface area contributed by atoms with Crippen LogP contribution < -0.4 is 4.74 Å². The summed E-state index contributed by atoms with van der Waals surface area (Å²) in [7, 11) is 1.77. The zero-order valence-corrected chi connectivity index (χ0v) is 12.2. The van der Waals surface area contributed by atoms with Gasteiger partial charge in [-0.05, 0) is 11.6 Å². The highest BCUT2D eigenvalue weighted by molar-refractivity contribution is 5.93. The Morgan fingerprint density at radius 2 is 2.24 bits per heavy atom. The summed E-state index contributed by atoms with van der Waals surface area (Å²) in [5, 5.41) is 0. The summed E-state index contributed by atoms with van der Waals surface area (Å²) in [4.78, 5) is 18.1. The molecule has 5 nitrogen and oxygen atoms in total. The van der Waals surface area contributed by atoms with E-state index in [1.54, 1.807) is 11.9 Å². The lowest BCUT2D eigenvalue weighted by Gasteiger charge is -2.20. The predicted molar refractivity (Wildman–Crippen MR) is 77.4 cm³/mol. The monoisotopic (exact) mass is 286 g/mol. The van der Waals surface area contributed by atoms with Crippen molar-refractivity contribution in [3.63, 3.8) is 0 Å². The summed E-state index contributed by atoms with van der Waals surface area (Å²) in [6.45, 7) is 2.47. The smallest absolute Gasteiger partial charge is 0.275 e. The number of rotatable bonds is 4. The number of benzene rings is 1. The third kappa shape index (κ3) is 2.63. The highest BCUT2D eigenvalue weighted by atomic mass is 16.5. The van der Waals surface area contributed by atoms with Gasteiger partial charge in [-0.2, -0.15) is 0 Å². The number of amides is 1. The van der Waals surface area contributed by atoms with E-state index in [1.807, 2.05) is 25.1 Å². The number of para-hydroxylation sites is 1. The molecule has 0 unspecified atom stereocenters. The Bertz CT molecular complexity index is 625. The predicted octanol–water partition coefficient (Wildman–Crippen LogP) is 2.31. The molecule has 1 aliphatic rings. The van der Waals surface area contributed by atoms with Gasteiger partial charge in [-0.3, -0.25) is 4.79 Å². The number of aryl methyl sites for hydroxylation is 1. The van der Waals surface area contributed by atoms with Gasteiger partial charge in [-0.15, -0.1) is 0 Å². The average Bonchev–Trinajstić information content (AvgIpc) is 3.11. The van der Waals surface area contributed by atoms with E-state index >= 15 is 0 Å². The highest BCUT2D eigenvalue weighted by Gasteiger charge is 2.27. The van der Waals surface area contributed by atoms with E-state index < -0.39 is 0 Å². The van der Waals surface area contributed by atoms with Crippen molar-refractivity contribution in [3.8, 4) is 5.75 Å². The van der Waals surface area contributed by atoms with Gasteiger partial charge in [-0.25, -0.2) is 4.98 Å². The Balaban J connectivity index is 1.65. The number of aromatic nitrogens is 1. The molecule has 0 saturated heterocycles. The van der Waals surface area contributed by atoms with E-state index in [4.69, 9.17) is 9.15 Å². The molecule has 0 aliphatic carbocycles. The maximum atomic E-state index is 12.4. The van der Waals surface area contributed by atoms with Crippen LogP contribution in [0.3, 0.4) is 0 Å². The fourth-order valence-electron chi connectivity index (χ4n) is 2.62. The van der Waals surface area contributed by atoms with Crippen LogP contribution >= 0.6 is 0 Å². The second kappa shape index (κ2) is 5.60. The van der Waals surface area contributed by atoms with E-state index in [-0.39, 0.29) is 12.0 Å². The van der Waals surface area contributed by atoms with Crippen molar-refractivity contribution in [3.05, 3.63) is 47.7 Å². The Hall–Kier alpha value is -2.30. The van der Waals surface area contributed by atoms with E-state index in [0.717, 1.165) is 12.2 Å². The molecule has 21 heavy (non-hydrogen) atoms. The molecular weight excluding hydrogens is 268 g/mol. The van der Waals surface area contributed by atoms with Crippen LogP contribution in [0.4, 0.5) is 0 Å². The first-order chi connectivity index (χ1) is 10.2. The van der Waals surface area contributed by atoms with Crippen molar-refractivity contribution in [1.82, 2.24) is 9.88 Å². The van der Waals surface area contributed by atoms with Gasteiger partial charge in [0.15, 0.2) is 12.1 Å². The number of oxazole rings is 1. The van der Waals surface area contributed by atoms with Crippen molar-refractivity contribution >= 4 is 5.91 Å². The normalized spacial score (nSPS) is 16.4. The van der Waals surface area contributed by atoms with Gasteiger partial charge >= 0.3 is 0 Å². The van der Waals surface area contributed by atoms with Crippen LogP contribution in [0.5, 0.6) is 5.75 Å². The third-order valence-electron chi connectivity index (χ3n) is 3.70. The molecule has 1 aliphatic heterocycles. The summed E-state index contributed by atoms with van der Waals surface area (Å²) in [6, 6.07) is 7.98. The molecule has 0 saturated carbocycles. The fourth-order valence-corrected chi connectivity index (χ4v) is 2.62. The lowest BCUT2D eigenvalue weighted by atomic mass is 10.1. The molecular formula is C16H18N2O3. The molecule has 0 fully saturated rings. The van der Waals surface area contributed by atoms with Gasteiger partial charge in [0, 0.05) is 19.9 Å². The molecule has 110 valence electrons. The molecule has 2 aromatic rings. The van der Waals surface area contributed by atoms with Crippen molar-refractivity contribution in [2.45, 2.75) is 25.9 Å². The molecule has 0 spiro atoms. The first kappa shape index (κ1) is 13.7. The second-order valence-corrected chi connectivity index (χ2v) is 5.22. The highest BCUT2D eigenvalue weighted by Crippen LogP contribution is 2.28. The zero-order chi connectivity index (χ0) is 14.8. The Labute approximate surface area is 123 Å². The van der Waals surface area contributed by atoms with Crippen LogP contribution in [-0.2, 0) is 12.8 Å². The number of carbonyl (C=O) groups is 1. The van der Waals surface area contributed by atoms with Crippen LogP contribution in [0.25, 0.3) is 0 Å². The van der Waals surface area contributed by atoms with Gasteiger partial charge in [-0.1, -0.05) is 25.1 Å². The summed E-state index contributed by atoms with van der Waals surface area (Å²) in [6.07, 6.45) is 2.79. The number of likely N-dealkylation sites (N-methyl/N-ethyl adjacent to an activating group) is 1. The molecule has 0 bridgehead atoms. The second-order valence-electron chi connectivity index (χ2n) is 5.22. The van der Waals surface area contributed by atoms with Crippen molar-refractivity contribution in [1.29, 1.82) is 0 Å². The third-order valence-corrected chi connectivity index (χ3v) is 3.70. The molecule has 0 radical (unpaired) electrons. The Morgan fingerprint density at radius 1 is 1.43 bits per heavy atom. The zero-order valence-electron chi connectivity index (χ0n) is 12.2. The first-order valence-electron chi connectivity index (χ1n) is 7.11. The number of carbonyl (C=O) groups excluding carboxylic acids is 1. The average molecular weight is 286 g/mol. The fraction of sp³-hybridized carbons (Fsp3) is 0.375. The van der Waals surface area contributed by atoms with Crippen LogP contribution in [0.15, 0.2) is 35.1 Å². The van der Waals surface area contributed by atoms with E-state index in [2.05, 4.69) is 11.1 Å². The number of nitrogens with zero attached hydrogens (tertiary/aromatic N) is 2. The van der Waals surface area contributed by atoms with Gasteiger partial charge in [0.05, 0.1) is 6.54 Å². The van der Waals surface area contributed by atoms with Crippen LogP contribution in [-0.4, -0.2) is 35.5 Å². The van der Waals surface area contributed by atoms with Crippen LogP contribution in [0.2, 0.25) is 0 Å². The van der Waals surface area contributed by atoms with Crippen LogP contribution in [0.1, 0.15) is 28.7 Å². The van der Waals surface area contributed by atoms with Gasteiger partial charge in [0.2, 0.25) is 0 Å². The van der Waals surface area contributed by atoms with Crippen LogP contribution in [0, 0.1) is 0 Å². The minimum Gasteiger partial charge on any atom is -0.488 e. The summed E-state index contributed by atoms with van der Waals surface area (Å²) in [5.74, 6) is 1.42. The lowest BCUT2D eigenvalue weighted by Crippen LogP contribution is -2.36. The summed E-state index contributed by atoms with van der Waals surface area (Å²) < 4.78 is 11.1. The molecule has 1 aromatic heterocycles. The number of fused-ring (bicyclic) bond motifs is 1. The summed E-state index contributed by atoms with van der Waals surface area (Å²) >= 11 is 0. The topological polar surface area (TPSA) is 55.6 Å². The molecule has 5 heteroatoms. The maximum Gasteiger partial charge on any atom is 0.275 e. The largest absolute Gasteiger partial charge is 0.488 e.